The van der Waals surface area contributed by atoms with Crippen molar-refractivity contribution < 1.29 is 4.79 Å². The fourth-order valence-corrected chi connectivity index (χ4v) is 1.09. The van der Waals surface area contributed by atoms with E-state index in [2.05, 4.69) is 11.4 Å². The van der Waals surface area contributed by atoms with Gasteiger partial charge >= 0.3 is 6.03 Å². The third kappa shape index (κ3) is 2.26. The standard InChI is InChI=1S/C8H14N2O/c1-2-9-8(11)10-6-4-3-5-7-10/h3-4H,2,5-7H2,1H3,(H,9,11). The fraction of sp³-hybridized carbons (Fsp3) is 0.625. The van der Waals surface area contributed by atoms with Crippen LogP contribution in [0.4, 0.5) is 4.79 Å². The van der Waals surface area contributed by atoms with Crippen LogP contribution >= 0.6 is 0 Å². The molecule has 1 aliphatic rings. The lowest BCUT2D eigenvalue weighted by Crippen LogP contribution is -2.41. The van der Waals surface area contributed by atoms with Gasteiger partial charge in [0.05, 0.1) is 0 Å². The molecule has 3 heteroatoms. The molecule has 0 saturated carbocycles. The van der Waals surface area contributed by atoms with Gasteiger partial charge < -0.3 is 10.2 Å². The predicted molar refractivity (Wildman–Crippen MR) is 44.4 cm³/mol. The molecule has 0 aromatic rings. The molecular formula is C8H14N2O. The SMILES string of the molecule is CCNC(=O)N1CC=CCC1. The Morgan fingerprint density at radius 1 is 1.64 bits per heavy atom. The quantitative estimate of drug-likeness (QED) is 0.561. The van der Waals surface area contributed by atoms with Gasteiger partial charge in [0.25, 0.3) is 0 Å². The van der Waals surface area contributed by atoms with E-state index in [0.717, 1.165) is 19.5 Å². The molecule has 1 rings (SSSR count). The zero-order valence-corrected chi connectivity index (χ0v) is 6.84. The largest absolute Gasteiger partial charge is 0.338 e. The van der Waals surface area contributed by atoms with Crippen LogP contribution in [0.3, 0.4) is 0 Å². The van der Waals surface area contributed by atoms with Crippen LogP contribution in [0.5, 0.6) is 0 Å². The first kappa shape index (κ1) is 8.11. The van der Waals surface area contributed by atoms with Crippen molar-refractivity contribution in [2.45, 2.75) is 13.3 Å². The van der Waals surface area contributed by atoms with Crippen molar-refractivity contribution in [1.29, 1.82) is 0 Å². The van der Waals surface area contributed by atoms with Crippen molar-refractivity contribution >= 4 is 6.03 Å². The number of nitrogens with one attached hydrogen (secondary N) is 1. The van der Waals surface area contributed by atoms with Crippen molar-refractivity contribution in [3.8, 4) is 0 Å². The summed E-state index contributed by atoms with van der Waals surface area (Å²) in [6.07, 6.45) is 5.12. The normalized spacial score (nSPS) is 16.6. The monoisotopic (exact) mass is 154 g/mol. The highest BCUT2D eigenvalue weighted by atomic mass is 16.2. The van der Waals surface area contributed by atoms with Gasteiger partial charge in [0.2, 0.25) is 0 Å². The first-order chi connectivity index (χ1) is 5.34. The van der Waals surface area contributed by atoms with Crippen LogP contribution in [0.2, 0.25) is 0 Å². The van der Waals surface area contributed by atoms with Gasteiger partial charge in [-0.25, -0.2) is 4.79 Å². The van der Waals surface area contributed by atoms with E-state index >= 15 is 0 Å². The Morgan fingerprint density at radius 3 is 3.00 bits per heavy atom. The second-order valence-electron chi connectivity index (χ2n) is 2.54. The van der Waals surface area contributed by atoms with E-state index in [9.17, 15) is 4.79 Å². The van der Waals surface area contributed by atoms with Crippen molar-refractivity contribution in [3.05, 3.63) is 12.2 Å². The topological polar surface area (TPSA) is 32.3 Å². The molecule has 1 aliphatic heterocycles. The molecule has 0 aliphatic carbocycles. The van der Waals surface area contributed by atoms with Crippen LogP contribution in [0.1, 0.15) is 13.3 Å². The van der Waals surface area contributed by atoms with Crippen LogP contribution in [-0.2, 0) is 0 Å². The molecule has 0 spiro atoms. The van der Waals surface area contributed by atoms with E-state index in [0.29, 0.717) is 6.54 Å². The van der Waals surface area contributed by atoms with Crippen molar-refractivity contribution in [2.24, 2.45) is 0 Å². The first-order valence-corrected chi connectivity index (χ1v) is 4.02. The molecule has 2 amide bonds. The number of amides is 2. The minimum atomic E-state index is 0.0526. The van der Waals surface area contributed by atoms with E-state index in [1.165, 1.54) is 0 Å². The summed E-state index contributed by atoms with van der Waals surface area (Å²) in [6, 6.07) is 0.0526. The van der Waals surface area contributed by atoms with Crippen LogP contribution in [-0.4, -0.2) is 30.6 Å². The summed E-state index contributed by atoms with van der Waals surface area (Å²) in [7, 11) is 0. The van der Waals surface area contributed by atoms with E-state index < -0.39 is 0 Å². The van der Waals surface area contributed by atoms with Crippen molar-refractivity contribution in [2.75, 3.05) is 19.6 Å². The summed E-state index contributed by atoms with van der Waals surface area (Å²) >= 11 is 0. The van der Waals surface area contributed by atoms with E-state index in [-0.39, 0.29) is 6.03 Å². The Hall–Kier alpha value is -0.990. The zero-order chi connectivity index (χ0) is 8.10. The van der Waals surface area contributed by atoms with E-state index in [1.54, 1.807) is 0 Å². The smallest absolute Gasteiger partial charge is 0.317 e. The molecule has 11 heavy (non-hydrogen) atoms. The summed E-state index contributed by atoms with van der Waals surface area (Å²) < 4.78 is 0. The van der Waals surface area contributed by atoms with Gasteiger partial charge in [0.15, 0.2) is 0 Å². The van der Waals surface area contributed by atoms with Gasteiger partial charge in [0.1, 0.15) is 0 Å². The Morgan fingerprint density at radius 2 is 2.45 bits per heavy atom. The predicted octanol–water partition coefficient (Wildman–Crippen LogP) is 0.978. The van der Waals surface area contributed by atoms with Gasteiger partial charge in [-0.1, -0.05) is 12.2 Å². The van der Waals surface area contributed by atoms with Gasteiger partial charge in [-0.15, -0.1) is 0 Å². The highest BCUT2D eigenvalue weighted by Crippen LogP contribution is 2.00. The van der Waals surface area contributed by atoms with Gasteiger partial charge in [-0.05, 0) is 13.3 Å². The first-order valence-electron chi connectivity index (χ1n) is 4.02. The third-order valence-corrected chi connectivity index (χ3v) is 1.67. The molecule has 0 aromatic carbocycles. The molecule has 0 aromatic heterocycles. The second kappa shape index (κ2) is 4.01. The average molecular weight is 154 g/mol. The maximum atomic E-state index is 11.2. The molecular weight excluding hydrogens is 140 g/mol. The fourth-order valence-electron chi connectivity index (χ4n) is 1.09. The molecule has 3 nitrogen and oxygen atoms in total. The number of hydrogen-bond donors (Lipinski definition) is 1. The third-order valence-electron chi connectivity index (χ3n) is 1.67. The number of urea groups is 1. The summed E-state index contributed by atoms with van der Waals surface area (Å²) in [5.41, 5.74) is 0. The maximum absolute atomic E-state index is 11.2. The number of hydrogen-bond acceptors (Lipinski definition) is 1. The Bertz CT molecular complexity index is 165. The van der Waals surface area contributed by atoms with E-state index in [1.807, 2.05) is 17.9 Å². The minimum Gasteiger partial charge on any atom is -0.338 e. The molecule has 0 bridgehead atoms. The Balaban J connectivity index is 2.34. The van der Waals surface area contributed by atoms with Gasteiger partial charge in [0, 0.05) is 19.6 Å². The summed E-state index contributed by atoms with van der Waals surface area (Å²) in [5.74, 6) is 0. The average Bonchev–Trinajstić information content (AvgIpc) is 2.07. The number of nitrogens with zero attached hydrogens (tertiary/aromatic N) is 1. The molecule has 0 saturated heterocycles. The lowest BCUT2D eigenvalue weighted by Gasteiger charge is -2.23. The molecule has 62 valence electrons. The summed E-state index contributed by atoms with van der Waals surface area (Å²) in [5, 5.41) is 2.77. The van der Waals surface area contributed by atoms with Gasteiger partial charge in [-0.2, -0.15) is 0 Å². The highest BCUT2D eigenvalue weighted by Gasteiger charge is 2.11. The van der Waals surface area contributed by atoms with Crippen LogP contribution in [0.15, 0.2) is 12.2 Å². The van der Waals surface area contributed by atoms with Crippen molar-refractivity contribution in [1.82, 2.24) is 10.2 Å². The van der Waals surface area contributed by atoms with Gasteiger partial charge in [-0.3, -0.25) is 0 Å². The molecule has 0 fully saturated rings. The molecule has 0 atom stereocenters. The van der Waals surface area contributed by atoms with Crippen LogP contribution in [0, 0.1) is 0 Å². The highest BCUT2D eigenvalue weighted by molar-refractivity contribution is 5.74. The van der Waals surface area contributed by atoms with E-state index in [4.69, 9.17) is 0 Å². The number of carbonyl (C=O) groups excluding carboxylic acids is 1. The summed E-state index contributed by atoms with van der Waals surface area (Å²) in [6.45, 7) is 4.24. The number of rotatable bonds is 1. The zero-order valence-electron chi connectivity index (χ0n) is 6.84. The Labute approximate surface area is 67.1 Å². The second-order valence-corrected chi connectivity index (χ2v) is 2.54. The molecule has 1 heterocycles. The molecule has 1 N–H and O–H groups in total. The Kier molecular flexibility index (Phi) is 2.95. The van der Waals surface area contributed by atoms with Crippen LogP contribution in [0.25, 0.3) is 0 Å². The maximum Gasteiger partial charge on any atom is 0.317 e. The summed E-state index contributed by atoms with van der Waals surface area (Å²) in [4.78, 5) is 13.0. The number of carbonyl (C=O) groups is 1. The molecule has 0 unspecified atom stereocenters. The lowest BCUT2D eigenvalue weighted by molar-refractivity contribution is 0.203. The minimum absolute atomic E-state index is 0.0526. The van der Waals surface area contributed by atoms with Crippen LogP contribution < -0.4 is 5.32 Å². The molecule has 0 radical (unpaired) electrons. The lowest BCUT2D eigenvalue weighted by atomic mass is 10.3. The van der Waals surface area contributed by atoms with Crippen molar-refractivity contribution in [3.63, 3.8) is 0 Å².